The number of aromatic nitrogens is 2. The third kappa shape index (κ3) is 2.32. The van der Waals surface area contributed by atoms with Crippen molar-refractivity contribution in [2.45, 2.75) is 33.3 Å². The number of piperidine rings is 1. The first kappa shape index (κ1) is 11.3. The fourth-order valence-corrected chi connectivity index (χ4v) is 2.16. The zero-order valence-electron chi connectivity index (χ0n) is 9.98. The van der Waals surface area contributed by atoms with Gasteiger partial charge in [-0.05, 0) is 25.7 Å². The number of aliphatic hydroxyl groups excluding tert-OH is 1. The van der Waals surface area contributed by atoms with Crippen molar-refractivity contribution >= 4 is 5.95 Å². The first-order chi connectivity index (χ1) is 7.70. The minimum absolute atomic E-state index is 0.0164. The highest BCUT2D eigenvalue weighted by Gasteiger charge is 2.18. The molecule has 2 heterocycles. The quantitative estimate of drug-likeness (QED) is 0.822. The van der Waals surface area contributed by atoms with Gasteiger partial charge in [-0.3, -0.25) is 0 Å². The number of aryl methyl sites for hydroxylation is 1. The number of rotatable bonds is 2. The number of aliphatic hydroxyl groups is 1. The minimum atomic E-state index is 0.0164. The van der Waals surface area contributed by atoms with Crippen LogP contribution in [0.5, 0.6) is 0 Å². The Balaban J connectivity index is 2.17. The van der Waals surface area contributed by atoms with Crippen LogP contribution < -0.4 is 4.90 Å². The van der Waals surface area contributed by atoms with Gasteiger partial charge in [0.25, 0.3) is 0 Å². The van der Waals surface area contributed by atoms with Crippen LogP contribution in [0.15, 0.2) is 6.20 Å². The Morgan fingerprint density at radius 3 is 3.00 bits per heavy atom. The van der Waals surface area contributed by atoms with E-state index in [1.54, 1.807) is 6.20 Å². The van der Waals surface area contributed by atoms with E-state index in [-0.39, 0.29) is 6.61 Å². The molecule has 1 saturated heterocycles. The molecule has 0 saturated carbocycles. The Labute approximate surface area is 96.3 Å². The minimum Gasteiger partial charge on any atom is -0.392 e. The van der Waals surface area contributed by atoms with Crippen molar-refractivity contribution in [2.75, 3.05) is 18.0 Å². The average molecular weight is 221 g/mol. The summed E-state index contributed by atoms with van der Waals surface area (Å²) in [5.41, 5.74) is 1.69. The Morgan fingerprint density at radius 1 is 1.56 bits per heavy atom. The van der Waals surface area contributed by atoms with Gasteiger partial charge >= 0.3 is 0 Å². The highest BCUT2D eigenvalue weighted by atomic mass is 16.3. The van der Waals surface area contributed by atoms with Crippen molar-refractivity contribution in [3.63, 3.8) is 0 Å². The standard InChI is InChI=1S/C12H19N3O/c1-9-4-3-5-15(7-9)12-13-6-11(8-16)10(2)14-12/h6,9,16H,3-5,7-8H2,1-2H3. The second-order valence-electron chi connectivity index (χ2n) is 4.63. The summed E-state index contributed by atoms with van der Waals surface area (Å²) >= 11 is 0. The van der Waals surface area contributed by atoms with Gasteiger partial charge in [-0.1, -0.05) is 6.92 Å². The fourth-order valence-electron chi connectivity index (χ4n) is 2.16. The van der Waals surface area contributed by atoms with Gasteiger partial charge in [-0.2, -0.15) is 0 Å². The Bertz CT molecular complexity index is 367. The van der Waals surface area contributed by atoms with E-state index < -0.39 is 0 Å². The molecule has 16 heavy (non-hydrogen) atoms. The van der Waals surface area contributed by atoms with Crippen LogP contribution in [0.3, 0.4) is 0 Å². The van der Waals surface area contributed by atoms with Crippen molar-refractivity contribution in [2.24, 2.45) is 5.92 Å². The number of hydrogen-bond donors (Lipinski definition) is 1. The zero-order valence-corrected chi connectivity index (χ0v) is 9.98. The molecule has 1 aliphatic rings. The van der Waals surface area contributed by atoms with E-state index in [2.05, 4.69) is 21.8 Å². The molecular formula is C12H19N3O. The van der Waals surface area contributed by atoms with Crippen LogP contribution in [0.4, 0.5) is 5.95 Å². The van der Waals surface area contributed by atoms with Crippen molar-refractivity contribution in [1.29, 1.82) is 0 Å². The summed E-state index contributed by atoms with van der Waals surface area (Å²) in [7, 11) is 0. The molecule has 0 bridgehead atoms. The lowest BCUT2D eigenvalue weighted by Gasteiger charge is -2.31. The van der Waals surface area contributed by atoms with Crippen molar-refractivity contribution < 1.29 is 5.11 Å². The fraction of sp³-hybridized carbons (Fsp3) is 0.667. The van der Waals surface area contributed by atoms with Crippen molar-refractivity contribution in [3.05, 3.63) is 17.5 Å². The molecule has 4 heteroatoms. The van der Waals surface area contributed by atoms with Gasteiger partial charge in [0.05, 0.1) is 6.61 Å². The molecule has 0 aliphatic carbocycles. The molecule has 1 unspecified atom stereocenters. The lowest BCUT2D eigenvalue weighted by molar-refractivity contribution is 0.280. The smallest absolute Gasteiger partial charge is 0.225 e. The summed E-state index contributed by atoms with van der Waals surface area (Å²) in [6.45, 7) is 6.29. The topological polar surface area (TPSA) is 49.2 Å². The molecule has 88 valence electrons. The lowest BCUT2D eigenvalue weighted by Crippen LogP contribution is -2.35. The summed E-state index contributed by atoms with van der Waals surface area (Å²) in [6, 6.07) is 0. The third-order valence-electron chi connectivity index (χ3n) is 3.18. The average Bonchev–Trinajstić information content (AvgIpc) is 2.29. The molecule has 0 radical (unpaired) electrons. The van der Waals surface area contributed by atoms with Gasteiger partial charge in [0.15, 0.2) is 0 Å². The van der Waals surface area contributed by atoms with E-state index in [0.29, 0.717) is 0 Å². The first-order valence-corrected chi connectivity index (χ1v) is 5.89. The second kappa shape index (κ2) is 4.78. The lowest BCUT2D eigenvalue weighted by atomic mass is 10.0. The predicted molar refractivity (Wildman–Crippen MR) is 63.3 cm³/mol. The molecule has 0 aromatic carbocycles. The highest BCUT2D eigenvalue weighted by molar-refractivity contribution is 5.33. The molecule has 0 spiro atoms. The number of anilines is 1. The number of nitrogens with zero attached hydrogens (tertiary/aromatic N) is 3. The summed E-state index contributed by atoms with van der Waals surface area (Å²) in [4.78, 5) is 11.0. The monoisotopic (exact) mass is 221 g/mol. The van der Waals surface area contributed by atoms with Gasteiger partial charge in [0.1, 0.15) is 0 Å². The second-order valence-corrected chi connectivity index (χ2v) is 4.63. The van der Waals surface area contributed by atoms with Crippen LogP contribution >= 0.6 is 0 Å². The van der Waals surface area contributed by atoms with E-state index >= 15 is 0 Å². The molecule has 1 aromatic rings. The van der Waals surface area contributed by atoms with Crippen molar-refractivity contribution in [3.8, 4) is 0 Å². The van der Waals surface area contributed by atoms with Crippen LogP contribution in [0.2, 0.25) is 0 Å². The Hall–Kier alpha value is -1.16. The maximum atomic E-state index is 9.07. The molecule has 1 aromatic heterocycles. The van der Waals surface area contributed by atoms with E-state index in [1.807, 2.05) is 6.92 Å². The predicted octanol–water partition coefficient (Wildman–Crippen LogP) is 1.51. The zero-order chi connectivity index (χ0) is 11.5. The SMILES string of the molecule is Cc1nc(N2CCCC(C)C2)ncc1CO. The van der Waals surface area contributed by atoms with E-state index in [1.165, 1.54) is 12.8 Å². The number of hydrogen-bond acceptors (Lipinski definition) is 4. The third-order valence-corrected chi connectivity index (χ3v) is 3.18. The maximum absolute atomic E-state index is 9.07. The van der Waals surface area contributed by atoms with Crippen LogP contribution in [0.25, 0.3) is 0 Å². The maximum Gasteiger partial charge on any atom is 0.225 e. The molecule has 0 amide bonds. The molecule has 1 aliphatic heterocycles. The van der Waals surface area contributed by atoms with Gasteiger partial charge in [0.2, 0.25) is 5.95 Å². The molecule has 1 atom stereocenters. The van der Waals surface area contributed by atoms with Gasteiger partial charge < -0.3 is 10.0 Å². The Morgan fingerprint density at radius 2 is 2.38 bits per heavy atom. The molecular weight excluding hydrogens is 202 g/mol. The first-order valence-electron chi connectivity index (χ1n) is 5.89. The van der Waals surface area contributed by atoms with Crippen LogP contribution in [0.1, 0.15) is 31.0 Å². The summed E-state index contributed by atoms with van der Waals surface area (Å²) in [6.07, 6.45) is 4.24. The highest BCUT2D eigenvalue weighted by Crippen LogP contribution is 2.20. The summed E-state index contributed by atoms with van der Waals surface area (Å²) in [5, 5.41) is 9.07. The largest absolute Gasteiger partial charge is 0.392 e. The van der Waals surface area contributed by atoms with Crippen LogP contribution in [-0.4, -0.2) is 28.2 Å². The normalized spacial score (nSPS) is 21.2. The molecule has 4 nitrogen and oxygen atoms in total. The van der Waals surface area contributed by atoms with E-state index in [9.17, 15) is 0 Å². The van der Waals surface area contributed by atoms with Gasteiger partial charge in [0, 0.05) is 30.5 Å². The summed E-state index contributed by atoms with van der Waals surface area (Å²) < 4.78 is 0. The summed E-state index contributed by atoms with van der Waals surface area (Å²) in [5.74, 6) is 1.52. The molecule has 1 N–H and O–H groups in total. The molecule has 1 fully saturated rings. The van der Waals surface area contributed by atoms with Gasteiger partial charge in [-0.15, -0.1) is 0 Å². The van der Waals surface area contributed by atoms with Crippen LogP contribution in [0, 0.1) is 12.8 Å². The van der Waals surface area contributed by atoms with Crippen LogP contribution in [-0.2, 0) is 6.61 Å². The van der Waals surface area contributed by atoms with E-state index in [0.717, 1.165) is 36.2 Å². The Kier molecular flexibility index (Phi) is 3.39. The van der Waals surface area contributed by atoms with Gasteiger partial charge in [-0.25, -0.2) is 9.97 Å². The van der Waals surface area contributed by atoms with Crippen molar-refractivity contribution in [1.82, 2.24) is 9.97 Å². The van der Waals surface area contributed by atoms with E-state index in [4.69, 9.17) is 5.11 Å². The molecule has 2 rings (SSSR count).